The summed E-state index contributed by atoms with van der Waals surface area (Å²) in [5.41, 5.74) is -1.52. The maximum atomic E-state index is 10.6. The van der Waals surface area contributed by atoms with E-state index < -0.39 is 11.6 Å². The molecular formula is C11H12O5. The summed E-state index contributed by atoms with van der Waals surface area (Å²) in [6.45, 7) is 0.754. The van der Waals surface area contributed by atoms with Gasteiger partial charge in [-0.3, -0.25) is 4.79 Å². The fourth-order valence-electron chi connectivity index (χ4n) is 0.963. The number of aliphatic carboxylic acids is 1. The minimum absolute atomic E-state index is 0.339. The van der Waals surface area contributed by atoms with E-state index in [0.29, 0.717) is 17.6 Å². The first-order valence-electron chi connectivity index (χ1n) is 4.59. The van der Waals surface area contributed by atoms with E-state index in [0.717, 1.165) is 6.92 Å². The van der Waals surface area contributed by atoms with E-state index >= 15 is 0 Å². The molecule has 0 aliphatic heterocycles. The molecule has 0 aliphatic carbocycles. The summed E-state index contributed by atoms with van der Waals surface area (Å²) in [5.74, 6) is -1.02. The highest BCUT2D eigenvalue weighted by Crippen LogP contribution is 2.14. The zero-order valence-electron chi connectivity index (χ0n) is 8.71. The maximum absolute atomic E-state index is 10.6. The van der Waals surface area contributed by atoms with Crippen LogP contribution in [0.5, 0.6) is 5.75 Å². The Morgan fingerprint density at radius 2 is 2.25 bits per heavy atom. The topological polar surface area (TPSA) is 83.8 Å². The summed E-state index contributed by atoms with van der Waals surface area (Å²) < 4.78 is 5.08. The lowest BCUT2D eigenvalue weighted by atomic mass is 10.1. The van der Waals surface area contributed by atoms with E-state index in [1.54, 1.807) is 18.2 Å². The van der Waals surface area contributed by atoms with Crippen LogP contribution in [-0.2, 0) is 4.79 Å². The molecule has 0 aliphatic rings. The third kappa shape index (κ3) is 3.06. The lowest BCUT2D eigenvalue weighted by molar-refractivity contribution is -0.159. The van der Waals surface area contributed by atoms with Gasteiger partial charge in [0, 0.05) is 5.56 Å². The lowest BCUT2D eigenvalue weighted by Crippen LogP contribution is -2.41. The molecule has 2 N–H and O–H groups in total. The van der Waals surface area contributed by atoms with Crippen LogP contribution in [-0.4, -0.2) is 34.7 Å². The lowest BCUT2D eigenvalue weighted by Gasteiger charge is -2.18. The second kappa shape index (κ2) is 4.76. The predicted molar refractivity (Wildman–Crippen MR) is 55.6 cm³/mol. The summed E-state index contributed by atoms with van der Waals surface area (Å²) in [5, 5.41) is 18.0. The summed E-state index contributed by atoms with van der Waals surface area (Å²) in [6.07, 6.45) is 0.655. The van der Waals surface area contributed by atoms with Crippen molar-refractivity contribution in [1.29, 1.82) is 0 Å². The van der Waals surface area contributed by atoms with Gasteiger partial charge in [0.2, 0.25) is 0 Å². The predicted octanol–water partition coefficient (Wildman–Crippen LogP) is 0.714. The first kappa shape index (κ1) is 12.2. The van der Waals surface area contributed by atoms with Crippen molar-refractivity contribution in [2.24, 2.45) is 0 Å². The Labute approximate surface area is 92.3 Å². The van der Waals surface area contributed by atoms with Crippen molar-refractivity contribution in [2.45, 2.75) is 12.5 Å². The van der Waals surface area contributed by atoms with Crippen LogP contribution in [0.1, 0.15) is 17.3 Å². The van der Waals surface area contributed by atoms with Gasteiger partial charge in [0.25, 0.3) is 0 Å². The molecule has 1 aromatic rings. The first-order chi connectivity index (χ1) is 7.45. The third-order valence-electron chi connectivity index (χ3n) is 1.97. The van der Waals surface area contributed by atoms with Crippen LogP contribution in [0.2, 0.25) is 0 Å². The minimum atomic E-state index is -1.95. The van der Waals surface area contributed by atoms with Crippen LogP contribution in [0.3, 0.4) is 0 Å². The van der Waals surface area contributed by atoms with Crippen LogP contribution in [0.15, 0.2) is 24.3 Å². The number of carbonyl (C=O) groups excluding carboxylic acids is 1. The van der Waals surface area contributed by atoms with E-state index in [9.17, 15) is 14.7 Å². The fraction of sp³-hybridized carbons (Fsp3) is 0.273. The van der Waals surface area contributed by atoms with Gasteiger partial charge in [-0.15, -0.1) is 0 Å². The zero-order chi connectivity index (χ0) is 12.2. The average Bonchev–Trinajstić information content (AvgIpc) is 2.26. The van der Waals surface area contributed by atoms with Gasteiger partial charge in [-0.2, -0.15) is 0 Å². The second-order valence-electron chi connectivity index (χ2n) is 3.56. The van der Waals surface area contributed by atoms with Gasteiger partial charge in [-0.25, -0.2) is 4.79 Å². The molecule has 0 heterocycles. The number of carbonyl (C=O) groups is 2. The van der Waals surface area contributed by atoms with Gasteiger partial charge in [0.05, 0.1) is 0 Å². The number of carboxylic acid groups (broad SMARTS) is 1. The monoisotopic (exact) mass is 224 g/mol. The molecule has 1 aromatic carbocycles. The molecule has 16 heavy (non-hydrogen) atoms. The molecule has 1 rings (SSSR count). The van der Waals surface area contributed by atoms with Crippen LogP contribution in [0, 0.1) is 0 Å². The number of aldehydes is 1. The largest absolute Gasteiger partial charge is 0.490 e. The molecule has 0 fully saturated rings. The van der Waals surface area contributed by atoms with Gasteiger partial charge in [-0.05, 0) is 19.1 Å². The van der Waals surface area contributed by atoms with Gasteiger partial charge in [0.1, 0.15) is 18.6 Å². The Balaban J connectivity index is 2.67. The molecule has 5 heteroatoms. The Bertz CT molecular complexity index is 397. The quantitative estimate of drug-likeness (QED) is 0.720. The SMILES string of the molecule is CC(O)(COc1cccc(C=O)c1)C(=O)O. The molecule has 0 bridgehead atoms. The smallest absolute Gasteiger partial charge is 0.339 e. The third-order valence-corrected chi connectivity index (χ3v) is 1.97. The second-order valence-corrected chi connectivity index (χ2v) is 3.56. The van der Waals surface area contributed by atoms with Crippen LogP contribution >= 0.6 is 0 Å². The molecular weight excluding hydrogens is 212 g/mol. The molecule has 0 radical (unpaired) electrons. The normalized spacial score (nSPS) is 13.9. The molecule has 0 amide bonds. The van der Waals surface area contributed by atoms with E-state index in [4.69, 9.17) is 9.84 Å². The number of hydrogen-bond donors (Lipinski definition) is 2. The molecule has 0 aromatic heterocycles. The molecule has 86 valence electrons. The Morgan fingerprint density at radius 1 is 1.56 bits per heavy atom. The maximum Gasteiger partial charge on any atom is 0.339 e. The van der Waals surface area contributed by atoms with Gasteiger partial charge in [-0.1, -0.05) is 12.1 Å². The van der Waals surface area contributed by atoms with E-state index in [2.05, 4.69) is 0 Å². The van der Waals surface area contributed by atoms with Crippen LogP contribution in [0.4, 0.5) is 0 Å². The van der Waals surface area contributed by atoms with Crippen molar-refractivity contribution in [3.05, 3.63) is 29.8 Å². The van der Waals surface area contributed by atoms with Gasteiger partial charge in [0.15, 0.2) is 5.60 Å². The fourth-order valence-corrected chi connectivity index (χ4v) is 0.963. The van der Waals surface area contributed by atoms with Crippen LogP contribution < -0.4 is 4.74 Å². The summed E-state index contributed by atoms with van der Waals surface area (Å²) in [6, 6.07) is 6.24. The van der Waals surface area contributed by atoms with Crippen molar-refractivity contribution in [3.8, 4) is 5.75 Å². The van der Waals surface area contributed by atoms with E-state index in [-0.39, 0.29) is 6.61 Å². The van der Waals surface area contributed by atoms with Crippen molar-refractivity contribution in [1.82, 2.24) is 0 Å². The molecule has 0 spiro atoms. The van der Waals surface area contributed by atoms with Crippen molar-refractivity contribution in [3.63, 3.8) is 0 Å². The standard InChI is InChI=1S/C11H12O5/c1-11(15,10(13)14)7-16-9-4-2-3-8(5-9)6-12/h2-6,15H,7H2,1H3,(H,13,14). The van der Waals surface area contributed by atoms with Crippen molar-refractivity contribution in [2.75, 3.05) is 6.61 Å². The highest BCUT2D eigenvalue weighted by molar-refractivity contribution is 5.77. The zero-order valence-corrected chi connectivity index (χ0v) is 8.71. The highest BCUT2D eigenvalue weighted by Gasteiger charge is 2.30. The number of carboxylic acids is 1. The molecule has 5 nitrogen and oxygen atoms in total. The van der Waals surface area contributed by atoms with Gasteiger partial charge >= 0.3 is 5.97 Å². The number of hydrogen-bond acceptors (Lipinski definition) is 4. The summed E-state index contributed by atoms with van der Waals surface area (Å²) in [7, 11) is 0. The van der Waals surface area contributed by atoms with Crippen LogP contribution in [0.25, 0.3) is 0 Å². The minimum Gasteiger partial charge on any atom is -0.490 e. The molecule has 0 saturated heterocycles. The number of ether oxygens (including phenoxy) is 1. The van der Waals surface area contributed by atoms with E-state index in [1.807, 2.05) is 0 Å². The Hall–Kier alpha value is -1.88. The summed E-state index contributed by atoms with van der Waals surface area (Å²) >= 11 is 0. The van der Waals surface area contributed by atoms with E-state index in [1.165, 1.54) is 6.07 Å². The summed E-state index contributed by atoms with van der Waals surface area (Å²) in [4.78, 5) is 21.0. The van der Waals surface area contributed by atoms with Crippen molar-refractivity contribution >= 4 is 12.3 Å². The first-order valence-corrected chi connectivity index (χ1v) is 4.59. The van der Waals surface area contributed by atoms with Gasteiger partial charge < -0.3 is 14.9 Å². The number of aliphatic hydroxyl groups is 1. The molecule has 1 atom stereocenters. The Kier molecular flexibility index (Phi) is 3.63. The Morgan fingerprint density at radius 3 is 2.81 bits per heavy atom. The number of benzene rings is 1. The highest BCUT2D eigenvalue weighted by atomic mass is 16.5. The van der Waals surface area contributed by atoms with Crippen molar-refractivity contribution < 1.29 is 24.5 Å². The molecule has 1 unspecified atom stereocenters. The number of rotatable bonds is 5. The molecule has 0 saturated carbocycles. The average molecular weight is 224 g/mol.